The third-order valence-electron chi connectivity index (χ3n) is 4.66. The zero-order valence-corrected chi connectivity index (χ0v) is 13.1. The second-order valence-electron chi connectivity index (χ2n) is 6.11. The van der Waals surface area contributed by atoms with E-state index in [4.69, 9.17) is 0 Å². The van der Waals surface area contributed by atoms with Crippen molar-refractivity contribution in [3.05, 3.63) is 30.1 Å². The summed E-state index contributed by atoms with van der Waals surface area (Å²) in [6.45, 7) is 6.72. The molecule has 1 saturated heterocycles. The number of β-amino-alcohol motifs (C(OH)–C–C–N with tert-alkyl or cyclic N) is 1. The average molecular weight is 294 g/mol. The van der Waals surface area contributed by atoms with Crippen LogP contribution in [0.15, 0.2) is 24.3 Å². The van der Waals surface area contributed by atoms with Crippen molar-refractivity contribution < 1.29 is 9.50 Å². The summed E-state index contributed by atoms with van der Waals surface area (Å²) in [4.78, 5) is 2.33. The van der Waals surface area contributed by atoms with Gasteiger partial charge in [-0.05, 0) is 37.8 Å². The molecule has 0 aromatic heterocycles. The van der Waals surface area contributed by atoms with Crippen LogP contribution in [0.3, 0.4) is 0 Å². The Morgan fingerprint density at radius 2 is 1.86 bits per heavy atom. The summed E-state index contributed by atoms with van der Waals surface area (Å²) in [5.41, 5.74) is 0.0285. The summed E-state index contributed by atoms with van der Waals surface area (Å²) in [5, 5.41) is 13.7. The first-order chi connectivity index (χ1) is 10.1. The average Bonchev–Trinajstić information content (AvgIpc) is 2.51. The van der Waals surface area contributed by atoms with E-state index in [9.17, 15) is 9.50 Å². The maximum absolute atomic E-state index is 13.6. The number of hydrogen-bond acceptors (Lipinski definition) is 3. The van der Waals surface area contributed by atoms with Crippen molar-refractivity contribution in [1.82, 2.24) is 4.90 Å². The highest BCUT2D eigenvalue weighted by molar-refractivity contribution is 5.45. The number of rotatable bonds is 6. The number of halogens is 1. The van der Waals surface area contributed by atoms with Crippen molar-refractivity contribution in [3.8, 4) is 0 Å². The molecule has 0 saturated carbocycles. The van der Waals surface area contributed by atoms with Gasteiger partial charge in [0.05, 0.1) is 11.3 Å². The lowest BCUT2D eigenvalue weighted by Gasteiger charge is -2.38. The van der Waals surface area contributed by atoms with Crippen molar-refractivity contribution in [1.29, 1.82) is 0 Å². The van der Waals surface area contributed by atoms with Gasteiger partial charge in [0.2, 0.25) is 0 Å². The first-order valence-corrected chi connectivity index (χ1v) is 8.02. The van der Waals surface area contributed by atoms with Gasteiger partial charge in [0.1, 0.15) is 5.82 Å². The van der Waals surface area contributed by atoms with Crippen molar-refractivity contribution in [2.45, 2.75) is 51.2 Å². The molecule has 2 N–H and O–H groups in total. The Bertz CT molecular complexity index is 440. The molecule has 1 aliphatic rings. The van der Waals surface area contributed by atoms with Crippen molar-refractivity contribution >= 4 is 5.69 Å². The van der Waals surface area contributed by atoms with Crippen molar-refractivity contribution in [3.63, 3.8) is 0 Å². The van der Waals surface area contributed by atoms with Crippen LogP contribution in [0.25, 0.3) is 0 Å². The summed E-state index contributed by atoms with van der Waals surface area (Å²) >= 11 is 0. The Labute approximate surface area is 127 Å². The van der Waals surface area contributed by atoms with Crippen LogP contribution >= 0.6 is 0 Å². The van der Waals surface area contributed by atoms with Crippen LogP contribution in [0.2, 0.25) is 0 Å². The summed E-state index contributed by atoms with van der Waals surface area (Å²) < 4.78 is 13.6. The van der Waals surface area contributed by atoms with Gasteiger partial charge in [-0.25, -0.2) is 4.39 Å². The summed E-state index contributed by atoms with van der Waals surface area (Å²) in [5.74, 6) is -0.189. The van der Waals surface area contributed by atoms with Gasteiger partial charge in [0.15, 0.2) is 0 Å². The minimum atomic E-state index is -0.564. The zero-order chi connectivity index (χ0) is 15.3. The van der Waals surface area contributed by atoms with E-state index in [0.717, 1.165) is 45.3 Å². The Morgan fingerprint density at radius 3 is 2.43 bits per heavy atom. The predicted molar refractivity (Wildman–Crippen MR) is 85.0 cm³/mol. The van der Waals surface area contributed by atoms with Gasteiger partial charge < -0.3 is 15.3 Å². The van der Waals surface area contributed by atoms with Crippen LogP contribution in [0.1, 0.15) is 39.5 Å². The number of nitrogens with one attached hydrogen (secondary N) is 1. The normalized spacial score (nSPS) is 17.9. The van der Waals surface area contributed by atoms with E-state index in [2.05, 4.69) is 10.2 Å². The lowest BCUT2D eigenvalue weighted by molar-refractivity contribution is -0.00841. The van der Waals surface area contributed by atoms with E-state index in [1.165, 1.54) is 6.07 Å². The number of anilines is 1. The zero-order valence-electron chi connectivity index (χ0n) is 13.1. The maximum atomic E-state index is 13.6. The number of hydrogen-bond donors (Lipinski definition) is 2. The number of para-hydroxylation sites is 1. The lowest BCUT2D eigenvalue weighted by atomic mass is 9.95. The molecule has 1 aromatic carbocycles. The topological polar surface area (TPSA) is 35.5 Å². The van der Waals surface area contributed by atoms with Crippen LogP contribution in [-0.4, -0.2) is 41.3 Å². The highest BCUT2D eigenvalue weighted by Gasteiger charge is 2.28. The lowest BCUT2D eigenvalue weighted by Crippen LogP contribution is -2.47. The molecular formula is C17H27FN2O. The van der Waals surface area contributed by atoms with Gasteiger partial charge in [-0.2, -0.15) is 0 Å². The molecular weight excluding hydrogens is 267 g/mol. The largest absolute Gasteiger partial charge is 0.389 e. The molecule has 1 fully saturated rings. The van der Waals surface area contributed by atoms with Crippen LogP contribution in [0.5, 0.6) is 0 Å². The second kappa shape index (κ2) is 7.23. The fraction of sp³-hybridized carbons (Fsp3) is 0.647. The van der Waals surface area contributed by atoms with Crippen LogP contribution in [0.4, 0.5) is 10.1 Å². The Balaban J connectivity index is 1.82. The van der Waals surface area contributed by atoms with Crippen molar-refractivity contribution in [2.24, 2.45) is 0 Å². The number of likely N-dealkylation sites (tertiary alicyclic amines) is 1. The molecule has 0 atom stereocenters. The smallest absolute Gasteiger partial charge is 0.146 e. The fourth-order valence-electron chi connectivity index (χ4n) is 2.92. The molecule has 1 aromatic rings. The molecule has 0 unspecified atom stereocenters. The second-order valence-corrected chi connectivity index (χ2v) is 6.11. The molecule has 0 bridgehead atoms. The van der Waals surface area contributed by atoms with Crippen molar-refractivity contribution in [2.75, 3.05) is 25.0 Å². The highest BCUT2D eigenvalue weighted by Crippen LogP contribution is 2.22. The van der Waals surface area contributed by atoms with Gasteiger partial charge in [-0.3, -0.25) is 0 Å². The Hall–Kier alpha value is -1.13. The Kier molecular flexibility index (Phi) is 5.59. The van der Waals surface area contributed by atoms with E-state index in [1.807, 2.05) is 19.9 Å². The molecule has 4 heteroatoms. The molecule has 1 heterocycles. The molecule has 118 valence electrons. The maximum Gasteiger partial charge on any atom is 0.146 e. The van der Waals surface area contributed by atoms with Crippen LogP contribution < -0.4 is 5.32 Å². The van der Waals surface area contributed by atoms with E-state index in [1.54, 1.807) is 12.1 Å². The van der Waals surface area contributed by atoms with Gasteiger partial charge in [-0.15, -0.1) is 0 Å². The molecule has 0 radical (unpaired) electrons. The fourth-order valence-corrected chi connectivity index (χ4v) is 2.92. The van der Waals surface area contributed by atoms with E-state index in [0.29, 0.717) is 11.7 Å². The quantitative estimate of drug-likeness (QED) is 0.845. The summed E-state index contributed by atoms with van der Waals surface area (Å²) in [6, 6.07) is 7.15. The molecule has 21 heavy (non-hydrogen) atoms. The molecule has 2 rings (SSSR count). The van der Waals surface area contributed by atoms with Crippen LogP contribution in [0, 0.1) is 5.82 Å². The third kappa shape index (κ3) is 4.42. The van der Waals surface area contributed by atoms with Gasteiger partial charge in [0.25, 0.3) is 0 Å². The molecule has 1 aliphatic heterocycles. The summed E-state index contributed by atoms with van der Waals surface area (Å²) in [7, 11) is 0. The highest BCUT2D eigenvalue weighted by atomic mass is 19.1. The van der Waals surface area contributed by atoms with E-state index < -0.39 is 5.60 Å². The SMILES string of the molecule is CCC(O)(CC)CN1CCC(Nc2ccccc2F)CC1. The number of nitrogens with zero attached hydrogens (tertiary/aromatic N) is 1. The number of aliphatic hydroxyl groups is 1. The molecule has 0 spiro atoms. The van der Waals surface area contributed by atoms with Gasteiger partial charge in [-0.1, -0.05) is 26.0 Å². The standard InChI is InChI=1S/C17H27FN2O/c1-3-17(21,4-2)13-20-11-9-14(10-12-20)19-16-8-6-5-7-15(16)18/h5-8,14,19,21H,3-4,9-13H2,1-2H3. The first-order valence-electron chi connectivity index (χ1n) is 8.02. The summed E-state index contributed by atoms with van der Waals surface area (Å²) in [6.07, 6.45) is 3.55. The minimum Gasteiger partial charge on any atom is -0.389 e. The predicted octanol–water partition coefficient (Wildman–Crippen LogP) is 3.25. The monoisotopic (exact) mass is 294 g/mol. The Morgan fingerprint density at radius 1 is 1.24 bits per heavy atom. The number of piperidine rings is 1. The van der Waals surface area contributed by atoms with Crippen LogP contribution in [-0.2, 0) is 0 Å². The molecule has 0 amide bonds. The molecule has 3 nitrogen and oxygen atoms in total. The number of benzene rings is 1. The van der Waals surface area contributed by atoms with Gasteiger partial charge >= 0.3 is 0 Å². The van der Waals surface area contributed by atoms with E-state index >= 15 is 0 Å². The first kappa shape index (κ1) is 16.2. The third-order valence-corrected chi connectivity index (χ3v) is 4.66. The molecule has 0 aliphatic carbocycles. The van der Waals surface area contributed by atoms with E-state index in [-0.39, 0.29) is 5.82 Å². The minimum absolute atomic E-state index is 0.189. The van der Waals surface area contributed by atoms with Gasteiger partial charge in [0, 0.05) is 25.7 Å².